The third-order valence-electron chi connectivity index (χ3n) is 2.83. The Morgan fingerprint density at radius 2 is 2.00 bits per heavy atom. The molecule has 0 radical (unpaired) electrons. The normalized spacial score (nSPS) is 17.1. The molecule has 0 saturated heterocycles. The van der Waals surface area contributed by atoms with Crippen LogP contribution in [0.4, 0.5) is 0 Å². The number of amides is 1. The maximum Gasteiger partial charge on any atom is 0.221 e. The van der Waals surface area contributed by atoms with Crippen molar-refractivity contribution in [3.63, 3.8) is 0 Å². The molecule has 0 unspecified atom stereocenters. The molecule has 1 aliphatic rings. The summed E-state index contributed by atoms with van der Waals surface area (Å²) >= 11 is 0. The summed E-state index contributed by atoms with van der Waals surface area (Å²) in [7, 11) is 0. The van der Waals surface area contributed by atoms with Gasteiger partial charge in [0.15, 0.2) is 0 Å². The van der Waals surface area contributed by atoms with Crippen molar-refractivity contribution in [1.82, 2.24) is 5.32 Å². The van der Waals surface area contributed by atoms with Crippen molar-refractivity contribution in [3.05, 3.63) is 35.9 Å². The second kappa shape index (κ2) is 4.03. The van der Waals surface area contributed by atoms with Gasteiger partial charge in [-0.2, -0.15) is 0 Å². The summed E-state index contributed by atoms with van der Waals surface area (Å²) in [6.45, 7) is 0.413. The minimum atomic E-state index is -0.0898. The molecular weight excluding hydrogens is 188 g/mol. The van der Waals surface area contributed by atoms with Crippen molar-refractivity contribution in [3.8, 4) is 0 Å². The molecule has 1 saturated carbocycles. The number of hydrogen-bond donors (Lipinski definition) is 2. The van der Waals surface area contributed by atoms with Crippen molar-refractivity contribution in [2.75, 3.05) is 6.54 Å². The van der Waals surface area contributed by atoms with E-state index in [0.29, 0.717) is 13.0 Å². The summed E-state index contributed by atoms with van der Waals surface area (Å²) in [5, 5.41) is 3.07. The second-order valence-corrected chi connectivity index (χ2v) is 4.03. The van der Waals surface area contributed by atoms with Crippen LogP contribution < -0.4 is 11.1 Å². The smallest absolute Gasteiger partial charge is 0.221 e. The summed E-state index contributed by atoms with van der Waals surface area (Å²) in [6.07, 6.45) is 2.48. The molecule has 0 aliphatic heterocycles. The van der Waals surface area contributed by atoms with Gasteiger partial charge < -0.3 is 11.1 Å². The first-order valence-electron chi connectivity index (χ1n) is 5.33. The van der Waals surface area contributed by atoms with Crippen LogP contribution in [0.2, 0.25) is 0 Å². The van der Waals surface area contributed by atoms with Gasteiger partial charge in [0.2, 0.25) is 5.91 Å². The van der Waals surface area contributed by atoms with E-state index in [9.17, 15) is 4.79 Å². The minimum absolute atomic E-state index is 0.0545. The van der Waals surface area contributed by atoms with Crippen LogP contribution in [0.3, 0.4) is 0 Å². The number of nitrogens with one attached hydrogen (secondary N) is 1. The lowest BCUT2D eigenvalue weighted by Crippen LogP contribution is -2.35. The quantitative estimate of drug-likeness (QED) is 0.772. The van der Waals surface area contributed by atoms with Crippen LogP contribution in [0.25, 0.3) is 0 Å². The fourth-order valence-electron chi connectivity index (χ4n) is 1.83. The molecule has 1 aliphatic carbocycles. The van der Waals surface area contributed by atoms with E-state index < -0.39 is 0 Å². The molecule has 3 nitrogen and oxygen atoms in total. The SMILES string of the molecule is NCCC(=O)NC1(c2ccccc2)CC1. The molecule has 80 valence electrons. The van der Waals surface area contributed by atoms with Crippen LogP contribution in [0.5, 0.6) is 0 Å². The van der Waals surface area contributed by atoms with Crippen molar-refractivity contribution < 1.29 is 4.79 Å². The van der Waals surface area contributed by atoms with Gasteiger partial charge in [0.1, 0.15) is 0 Å². The fraction of sp³-hybridized carbons (Fsp3) is 0.417. The van der Waals surface area contributed by atoms with Crippen LogP contribution >= 0.6 is 0 Å². The highest BCUT2D eigenvalue weighted by atomic mass is 16.1. The zero-order valence-corrected chi connectivity index (χ0v) is 8.70. The number of hydrogen-bond acceptors (Lipinski definition) is 2. The molecule has 2 rings (SSSR count). The van der Waals surface area contributed by atoms with Crippen LogP contribution in [0.15, 0.2) is 30.3 Å². The van der Waals surface area contributed by atoms with Gasteiger partial charge in [0, 0.05) is 13.0 Å². The molecule has 0 aromatic heterocycles. The van der Waals surface area contributed by atoms with Gasteiger partial charge in [-0.15, -0.1) is 0 Å². The van der Waals surface area contributed by atoms with Crippen molar-refractivity contribution in [1.29, 1.82) is 0 Å². The molecule has 3 N–H and O–H groups in total. The van der Waals surface area contributed by atoms with Crippen molar-refractivity contribution in [2.45, 2.75) is 24.8 Å². The first kappa shape index (κ1) is 10.2. The van der Waals surface area contributed by atoms with Crippen LogP contribution in [-0.2, 0) is 10.3 Å². The Balaban J connectivity index is 2.05. The number of rotatable bonds is 4. The maximum atomic E-state index is 11.5. The number of nitrogens with two attached hydrogens (primary N) is 1. The molecular formula is C12H16N2O. The Labute approximate surface area is 89.7 Å². The van der Waals surface area contributed by atoms with Crippen molar-refractivity contribution in [2.24, 2.45) is 5.73 Å². The van der Waals surface area contributed by atoms with E-state index in [1.54, 1.807) is 0 Å². The third-order valence-corrected chi connectivity index (χ3v) is 2.83. The van der Waals surface area contributed by atoms with Crippen LogP contribution in [0.1, 0.15) is 24.8 Å². The van der Waals surface area contributed by atoms with Crippen LogP contribution in [0, 0.1) is 0 Å². The van der Waals surface area contributed by atoms with Gasteiger partial charge in [-0.05, 0) is 18.4 Å². The predicted molar refractivity (Wildman–Crippen MR) is 59.2 cm³/mol. The van der Waals surface area contributed by atoms with E-state index in [4.69, 9.17) is 5.73 Å². The Morgan fingerprint density at radius 3 is 2.53 bits per heavy atom. The molecule has 1 fully saturated rings. The summed E-state index contributed by atoms with van der Waals surface area (Å²) < 4.78 is 0. The first-order valence-corrected chi connectivity index (χ1v) is 5.33. The zero-order valence-electron chi connectivity index (χ0n) is 8.70. The first-order chi connectivity index (χ1) is 7.27. The van der Waals surface area contributed by atoms with E-state index >= 15 is 0 Å². The summed E-state index contributed by atoms with van der Waals surface area (Å²) in [4.78, 5) is 11.5. The third kappa shape index (κ3) is 2.18. The average Bonchev–Trinajstić information content (AvgIpc) is 3.01. The predicted octanol–water partition coefficient (Wildman–Crippen LogP) is 1.14. The van der Waals surface area contributed by atoms with Crippen molar-refractivity contribution >= 4 is 5.91 Å². The van der Waals surface area contributed by atoms with Gasteiger partial charge in [-0.3, -0.25) is 4.79 Å². The van der Waals surface area contributed by atoms with Gasteiger partial charge in [0.25, 0.3) is 0 Å². The standard InChI is InChI=1S/C12H16N2O/c13-9-6-11(15)14-12(7-8-12)10-4-2-1-3-5-10/h1-5H,6-9,13H2,(H,14,15). The monoisotopic (exact) mass is 204 g/mol. The van der Waals surface area contributed by atoms with E-state index in [-0.39, 0.29) is 11.4 Å². The molecule has 1 aromatic carbocycles. The zero-order chi connectivity index (χ0) is 10.7. The maximum absolute atomic E-state index is 11.5. The highest BCUT2D eigenvalue weighted by Gasteiger charge is 2.45. The van der Waals surface area contributed by atoms with E-state index in [0.717, 1.165) is 12.8 Å². The van der Waals surface area contributed by atoms with Gasteiger partial charge >= 0.3 is 0 Å². The minimum Gasteiger partial charge on any atom is -0.347 e. The van der Waals surface area contributed by atoms with E-state index in [1.165, 1.54) is 5.56 Å². The second-order valence-electron chi connectivity index (χ2n) is 4.03. The van der Waals surface area contributed by atoms with Gasteiger partial charge in [-0.1, -0.05) is 30.3 Å². The fourth-order valence-corrected chi connectivity index (χ4v) is 1.83. The highest BCUT2D eigenvalue weighted by molar-refractivity contribution is 5.77. The lowest BCUT2D eigenvalue weighted by molar-refractivity contribution is -0.121. The number of benzene rings is 1. The molecule has 0 bridgehead atoms. The number of carbonyl (C=O) groups is 1. The molecule has 3 heteroatoms. The van der Waals surface area contributed by atoms with Gasteiger partial charge in [0.05, 0.1) is 5.54 Å². The summed E-state index contributed by atoms with van der Waals surface area (Å²) in [5.41, 5.74) is 6.46. The summed E-state index contributed by atoms with van der Waals surface area (Å²) in [6, 6.07) is 10.1. The lowest BCUT2D eigenvalue weighted by Gasteiger charge is -2.17. The van der Waals surface area contributed by atoms with E-state index in [1.807, 2.05) is 18.2 Å². The highest BCUT2D eigenvalue weighted by Crippen LogP contribution is 2.45. The molecule has 0 atom stereocenters. The Morgan fingerprint density at radius 1 is 1.33 bits per heavy atom. The topological polar surface area (TPSA) is 55.1 Å². The Kier molecular flexibility index (Phi) is 2.73. The Bertz CT molecular complexity index is 344. The van der Waals surface area contributed by atoms with Crippen LogP contribution in [-0.4, -0.2) is 12.5 Å². The van der Waals surface area contributed by atoms with Gasteiger partial charge in [-0.25, -0.2) is 0 Å². The van der Waals surface area contributed by atoms with E-state index in [2.05, 4.69) is 17.4 Å². The molecule has 15 heavy (non-hydrogen) atoms. The summed E-state index contributed by atoms with van der Waals surface area (Å²) in [5.74, 6) is 0.0545. The molecule has 1 amide bonds. The Hall–Kier alpha value is -1.35. The number of carbonyl (C=O) groups excluding carboxylic acids is 1. The molecule has 0 spiro atoms. The average molecular weight is 204 g/mol. The molecule has 1 aromatic rings. The largest absolute Gasteiger partial charge is 0.347 e. The molecule has 0 heterocycles. The lowest BCUT2D eigenvalue weighted by atomic mass is 10.0.